The summed E-state index contributed by atoms with van der Waals surface area (Å²) in [6.07, 6.45) is 1.54. The minimum Gasteiger partial charge on any atom is -0.385 e. The zero-order chi connectivity index (χ0) is 12.9. The van der Waals surface area contributed by atoms with Gasteiger partial charge in [-0.25, -0.2) is 4.39 Å². The van der Waals surface area contributed by atoms with Gasteiger partial charge in [0.1, 0.15) is 5.82 Å². The van der Waals surface area contributed by atoms with Crippen LogP contribution >= 0.6 is 11.6 Å². The summed E-state index contributed by atoms with van der Waals surface area (Å²) in [6, 6.07) is 4.06. The maximum Gasteiger partial charge on any atom is 0.123 e. The molecule has 0 aromatic heterocycles. The number of hydrogen-bond acceptors (Lipinski definition) is 2. The molecule has 1 aromatic rings. The third-order valence-electron chi connectivity index (χ3n) is 2.72. The summed E-state index contributed by atoms with van der Waals surface area (Å²) in [5, 5.41) is 13.9. The largest absolute Gasteiger partial charge is 0.385 e. The maximum atomic E-state index is 13.1. The third kappa shape index (κ3) is 4.26. The monoisotopic (exact) mass is 259 g/mol. The lowest BCUT2D eigenvalue weighted by molar-refractivity contribution is 0.0478. The van der Waals surface area contributed by atoms with E-state index < -0.39 is 5.60 Å². The SMILES string of the molecule is CCCNCCC(C)(O)c1cc(F)ccc1Cl. The minimum atomic E-state index is -1.11. The van der Waals surface area contributed by atoms with Crippen molar-refractivity contribution in [3.05, 3.63) is 34.6 Å². The quantitative estimate of drug-likeness (QED) is 0.770. The van der Waals surface area contributed by atoms with Crippen molar-refractivity contribution in [1.82, 2.24) is 5.32 Å². The highest BCUT2D eigenvalue weighted by atomic mass is 35.5. The van der Waals surface area contributed by atoms with Gasteiger partial charge < -0.3 is 10.4 Å². The second kappa shape index (κ2) is 6.34. The van der Waals surface area contributed by atoms with Gasteiger partial charge >= 0.3 is 0 Å². The van der Waals surface area contributed by atoms with Crippen molar-refractivity contribution < 1.29 is 9.50 Å². The Hall–Kier alpha value is -0.640. The Labute approximate surface area is 107 Å². The molecule has 1 unspecified atom stereocenters. The molecule has 0 fully saturated rings. The normalized spacial score (nSPS) is 14.6. The molecule has 0 aliphatic carbocycles. The van der Waals surface area contributed by atoms with Crippen LogP contribution in [0.5, 0.6) is 0 Å². The molecule has 0 radical (unpaired) electrons. The highest BCUT2D eigenvalue weighted by molar-refractivity contribution is 6.31. The molecule has 1 aromatic carbocycles. The lowest BCUT2D eigenvalue weighted by Crippen LogP contribution is -2.28. The number of aliphatic hydroxyl groups is 1. The zero-order valence-corrected chi connectivity index (χ0v) is 11.0. The van der Waals surface area contributed by atoms with E-state index in [-0.39, 0.29) is 5.82 Å². The van der Waals surface area contributed by atoms with Gasteiger partial charge in [-0.05, 0) is 51.1 Å². The molecule has 0 saturated carbocycles. The fourth-order valence-corrected chi connectivity index (χ4v) is 2.00. The predicted octanol–water partition coefficient (Wildman–Crippen LogP) is 3.08. The summed E-state index contributed by atoms with van der Waals surface area (Å²) in [4.78, 5) is 0. The van der Waals surface area contributed by atoms with Crippen LogP contribution in [-0.4, -0.2) is 18.2 Å². The average Bonchev–Trinajstić information content (AvgIpc) is 2.28. The van der Waals surface area contributed by atoms with Crippen molar-refractivity contribution in [2.24, 2.45) is 0 Å². The molecular weight excluding hydrogens is 241 g/mol. The van der Waals surface area contributed by atoms with Crippen LogP contribution in [0, 0.1) is 5.82 Å². The molecule has 96 valence electrons. The number of hydrogen-bond donors (Lipinski definition) is 2. The van der Waals surface area contributed by atoms with Crippen molar-refractivity contribution >= 4 is 11.6 Å². The summed E-state index contributed by atoms with van der Waals surface area (Å²) in [7, 11) is 0. The van der Waals surface area contributed by atoms with E-state index in [0.717, 1.165) is 13.0 Å². The van der Waals surface area contributed by atoms with Gasteiger partial charge in [0.05, 0.1) is 5.60 Å². The Morgan fingerprint density at radius 2 is 2.12 bits per heavy atom. The standard InChI is InChI=1S/C13H19ClFNO/c1-3-7-16-8-6-13(2,17)11-9-10(15)4-5-12(11)14/h4-5,9,16-17H,3,6-8H2,1-2H3. The second-order valence-corrected chi connectivity index (χ2v) is 4.81. The first-order valence-electron chi connectivity index (χ1n) is 5.86. The van der Waals surface area contributed by atoms with Gasteiger partial charge in [0.25, 0.3) is 0 Å². The van der Waals surface area contributed by atoms with Crippen LogP contribution in [0.1, 0.15) is 32.3 Å². The van der Waals surface area contributed by atoms with Gasteiger partial charge in [0.15, 0.2) is 0 Å². The molecule has 0 aliphatic heterocycles. The molecule has 4 heteroatoms. The van der Waals surface area contributed by atoms with Gasteiger partial charge in [-0.15, -0.1) is 0 Å². The summed E-state index contributed by atoms with van der Waals surface area (Å²) in [5.41, 5.74) is -0.669. The van der Waals surface area contributed by atoms with Gasteiger partial charge in [-0.1, -0.05) is 18.5 Å². The maximum absolute atomic E-state index is 13.1. The number of halogens is 2. The van der Waals surface area contributed by atoms with Crippen LogP contribution in [0.4, 0.5) is 4.39 Å². The first-order chi connectivity index (χ1) is 7.97. The van der Waals surface area contributed by atoms with Crippen molar-refractivity contribution in [3.8, 4) is 0 Å². The van der Waals surface area contributed by atoms with Crippen molar-refractivity contribution in [3.63, 3.8) is 0 Å². The van der Waals surface area contributed by atoms with E-state index in [9.17, 15) is 9.50 Å². The van der Waals surface area contributed by atoms with E-state index in [1.165, 1.54) is 18.2 Å². The highest BCUT2D eigenvalue weighted by Crippen LogP contribution is 2.30. The molecule has 0 saturated heterocycles. The molecule has 2 nitrogen and oxygen atoms in total. The van der Waals surface area contributed by atoms with Crippen molar-refractivity contribution in [2.45, 2.75) is 32.3 Å². The molecule has 17 heavy (non-hydrogen) atoms. The Morgan fingerprint density at radius 3 is 2.76 bits per heavy atom. The van der Waals surface area contributed by atoms with Crippen LogP contribution < -0.4 is 5.32 Å². The van der Waals surface area contributed by atoms with Crippen molar-refractivity contribution in [2.75, 3.05) is 13.1 Å². The molecule has 0 aliphatic rings. The summed E-state index contributed by atoms with van der Waals surface area (Å²) >= 11 is 5.97. The van der Waals surface area contributed by atoms with E-state index in [0.29, 0.717) is 23.6 Å². The fourth-order valence-electron chi connectivity index (χ4n) is 1.68. The van der Waals surface area contributed by atoms with Crippen LogP contribution in [0.2, 0.25) is 5.02 Å². The van der Waals surface area contributed by atoms with E-state index in [1.54, 1.807) is 6.92 Å². The van der Waals surface area contributed by atoms with Gasteiger partial charge in [0, 0.05) is 10.6 Å². The predicted molar refractivity (Wildman–Crippen MR) is 68.8 cm³/mol. The fraction of sp³-hybridized carbons (Fsp3) is 0.538. The first-order valence-corrected chi connectivity index (χ1v) is 6.24. The highest BCUT2D eigenvalue weighted by Gasteiger charge is 2.25. The van der Waals surface area contributed by atoms with Crippen LogP contribution in [-0.2, 0) is 5.60 Å². The molecular formula is C13H19ClFNO. The summed E-state index contributed by atoms with van der Waals surface area (Å²) < 4.78 is 13.1. The lowest BCUT2D eigenvalue weighted by atomic mass is 9.92. The Balaban J connectivity index is 2.71. The molecule has 0 spiro atoms. The average molecular weight is 260 g/mol. The topological polar surface area (TPSA) is 32.3 Å². The zero-order valence-electron chi connectivity index (χ0n) is 10.3. The molecule has 1 atom stereocenters. The van der Waals surface area contributed by atoms with Crippen LogP contribution in [0.25, 0.3) is 0 Å². The van der Waals surface area contributed by atoms with Crippen LogP contribution in [0.3, 0.4) is 0 Å². The molecule has 0 amide bonds. The minimum absolute atomic E-state index is 0.383. The molecule has 1 rings (SSSR count). The molecule has 2 N–H and O–H groups in total. The molecule has 0 bridgehead atoms. The Morgan fingerprint density at radius 1 is 1.41 bits per heavy atom. The molecule has 0 heterocycles. The van der Waals surface area contributed by atoms with E-state index in [4.69, 9.17) is 11.6 Å². The van der Waals surface area contributed by atoms with Gasteiger partial charge in [-0.2, -0.15) is 0 Å². The number of benzene rings is 1. The van der Waals surface area contributed by atoms with E-state index in [2.05, 4.69) is 12.2 Å². The van der Waals surface area contributed by atoms with E-state index in [1.807, 2.05) is 0 Å². The lowest BCUT2D eigenvalue weighted by Gasteiger charge is -2.25. The van der Waals surface area contributed by atoms with Gasteiger partial charge in [0.2, 0.25) is 0 Å². The third-order valence-corrected chi connectivity index (χ3v) is 3.05. The number of rotatable bonds is 6. The summed E-state index contributed by atoms with van der Waals surface area (Å²) in [5.74, 6) is -0.383. The Bertz CT molecular complexity index is 368. The summed E-state index contributed by atoms with van der Waals surface area (Å²) in [6.45, 7) is 5.32. The number of nitrogens with one attached hydrogen (secondary N) is 1. The van der Waals surface area contributed by atoms with Crippen molar-refractivity contribution in [1.29, 1.82) is 0 Å². The smallest absolute Gasteiger partial charge is 0.123 e. The second-order valence-electron chi connectivity index (χ2n) is 4.40. The first kappa shape index (κ1) is 14.4. The van der Waals surface area contributed by atoms with E-state index >= 15 is 0 Å². The Kier molecular flexibility index (Phi) is 5.37. The van der Waals surface area contributed by atoms with Gasteiger partial charge in [-0.3, -0.25) is 0 Å². The van der Waals surface area contributed by atoms with Crippen LogP contribution in [0.15, 0.2) is 18.2 Å².